The lowest BCUT2D eigenvalue weighted by molar-refractivity contribution is -0.135. The summed E-state index contributed by atoms with van der Waals surface area (Å²) in [5.41, 5.74) is 3.81. The van der Waals surface area contributed by atoms with Gasteiger partial charge in [0, 0.05) is 44.5 Å². The van der Waals surface area contributed by atoms with Gasteiger partial charge in [-0.3, -0.25) is 9.59 Å². The topological polar surface area (TPSA) is 52.7 Å². The van der Waals surface area contributed by atoms with Crippen molar-refractivity contribution in [1.82, 2.24) is 4.90 Å². The molecule has 186 valence electrons. The van der Waals surface area contributed by atoms with Gasteiger partial charge in [-0.15, -0.1) is 0 Å². The van der Waals surface area contributed by atoms with Gasteiger partial charge in [0.1, 0.15) is 0 Å². The van der Waals surface area contributed by atoms with Gasteiger partial charge in [-0.1, -0.05) is 65.0 Å². The molecule has 0 spiro atoms. The Labute approximate surface area is 206 Å². The maximum atomic E-state index is 13.8. The second-order valence-electron chi connectivity index (χ2n) is 10.6. The van der Waals surface area contributed by atoms with Crippen LogP contribution in [0.3, 0.4) is 0 Å². The molecule has 2 amide bonds. The van der Waals surface area contributed by atoms with E-state index < -0.39 is 0 Å². The first-order valence-corrected chi connectivity index (χ1v) is 12.4. The van der Waals surface area contributed by atoms with Crippen molar-refractivity contribution in [1.29, 1.82) is 0 Å². The van der Waals surface area contributed by atoms with Crippen LogP contribution in [-0.4, -0.2) is 36.9 Å². The number of carbonyl (C=O) groups excluding carboxylic acids is 2. The third kappa shape index (κ3) is 7.61. The highest BCUT2D eigenvalue weighted by molar-refractivity contribution is 5.91. The molecule has 0 fully saturated rings. The highest BCUT2D eigenvalue weighted by Gasteiger charge is 2.28. The van der Waals surface area contributed by atoms with Gasteiger partial charge in [0.05, 0.1) is 5.92 Å². The van der Waals surface area contributed by atoms with Crippen molar-refractivity contribution in [3.63, 3.8) is 0 Å². The molecule has 1 N–H and O–H groups in total. The molecule has 5 heteroatoms. The Morgan fingerprint density at radius 1 is 0.971 bits per heavy atom. The van der Waals surface area contributed by atoms with Crippen LogP contribution in [0.2, 0.25) is 0 Å². The summed E-state index contributed by atoms with van der Waals surface area (Å²) >= 11 is 0. The van der Waals surface area contributed by atoms with E-state index in [0.717, 1.165) is 35.3 Å². The Kier molecular flexibility index (Phi) is 9.72. The van der Waals surface area contributed by atoms with E-state index in [1.54, 1.807) is 0 Å². The lowest BCUT2D eigenvalue weighted by Crippen LogP contribution is -2.41. The van der Waals surface area contributed by atoms with E-state index in [1.165, 1.54) is 0 Å². The highest BCUT2D eigenvalue weighted by atomic mass is 16.2. The lowest BCUT2D eigenvalue weighted by Gasteiger charge is -2.33. The molecule has 5 nitrogen and oxygen atoms in total. The number of nitrogens with zero attached hydrogens (tertiary/aromatic N) is 2. The third-order valence-electron chi connectivity index (χ3n) is 6.19. The minimum Gasteiger partial charge on any atom is -0.377 e. The summed E-state index contributed by atoms with van der Waals surface area (Å²) in [6, 6.07) is 16.1. The number of anilines is 2. The van der Waals surface area contributed by atoms with E-state index in [-0.39, 0.29) is 29.2 Å². The van der Waals surface area contributed by atoms with Crippen molar-refractivity contribution in [2.45, 2.75) is 79.3 Å². The number of rotatable bonds is 10. The van der Waals surface area contributed by atoms with Crippen LogP contribution in [0.4, 0.5) is 11.4 Å². The van der Waals surface area contributed by atoms with Crippen LogP contribution in [0.25, 0.3) is 0 Å². The SMILES string of the molecule is CC[C@@H](C)N(Cc1cc(NC(=O)CC(C)(C)C)ccc1N(C)C)C(=O)[C@H](CC)c1ccccc1. The molecule has 0 heterocycles. The predicted molar refractivity (Wildman–Crippen MR) is 143 cm³/mol. The zero-order chi connectivity index (χ0) is 25.5. The Morgan fingerprint density at radius 3 is 2.15 bits per heavy atom. The number of benzene rings is 2. The second-order valence-corrected chi connectivity index (χ2v) is 10.6. The molecule has 0 aliphatic heterocycles. The summed E-state index contributed by atoms with van der Waals surface area (Å²) < 4.78 is 0. The first kappa shape index (κ1) is 27.4. The molecule has 0 bridgehead atoms. The molecule has 0 aliphatic carbocycles. The minimum absolute atomic E-state index is 0.000960. The van der Waals surface area contributed by atoms with Crippen molar-refractivity contribution in [3.8, 4) is 0 Å². The summed E-state index contributed by atoms with van der Waals surface area (Å²) in [5.74, 6) is -0.0244. The molecular formula is C29H43N3O2. The molecule has 34 heavy (non-hydrogen) atoms. The van der Waals surface area contributed by atoms with E-state index in [4.69, 9.17) is 0 Å². The average molecular weight is 466 g/mol. The van der Waals surface area contributed by atoms with Crippen molar-refractivity contribution in [2.75, 3.05) is 24.3 Å². The molecule has 0 unspecified atom stereocenters. The van der Waals surface area contributed by atoms with Crippen LogP contribution >= 0.6 is 0 Å². The van der Waals surface area contributed by atoms with E-state index in [2.05, 4.69) is 51.8 Å². The lowest BCUT2D eigenvalue weighted by atomic mass is 9.92. The Hall–Kier alpha value is -2.82. The summed E-state index contributed by atoms with van der Waals surface area (Å²) in [5, 5.41) is 3.05. The van der Waals surface area contributed by atoms with Crippen LogP contribution in [0, 0.1) is 5.41 Å². The summed E-state index contributed by atoms with van der Waals surface area (Å²) in [4.78, 5) is 30.4. The van der Waals surface area contributed by atoms with Crippen molar-refractivity contribution in [2.24, 2.45) is 5.41 Å². The summed E-state index contributed by atoms with van der Waals surface area (Å²) in [6.07, 6.45) is 2.07. The van der Waals surface area contributed by atoms with Gasteiger partial charge in [0.25, 0.3) is 0 Å². The monoisotopic (exact) mass is 465 g/mol. The number of hydrogen-bond donors (Lipinski definition) is 1. The average Bonchev–Trinajstić information content (AvgIpc) is 2.76. The maximum absolute atomic E-state index is 13.8. The fourth-order valence-electron chi connectivity index (χ4n) is 4.21. The van der Waals surface area contributed by atoms with Gasteiger partial charge in [-0.2, -0.15) is 0 Å². The van der Waals surface area contributed by atoms with Crippen molar-refractivity contribution < 1.29 is 9.59 Å². The molecular weight excluding hydrogens is 422 g/mol. The zero-order valence-corrected chi connectivity index (χ0v) is 22.3. The second kappa shape index (κ2) is 12.0. The molecule has 0 saturated carbocycles. The molecule has 2 aromatic carbocycles. The van der Waals surface area contributed by atoms with E-state index >= 15 is 0 Å². The Balaban J connectivity index is 2.39. The van der Waals surface area contributed by atoms with Crippen LogP contribution in [0.5, 0.6) is 0 Å². The molecule has 2 atom stereocenters. The van der Waals surface area contributed by atoms with Gasteiger partial charge in [-0.05, 0) is 54.5 Å². The molecule has 0 aromatic heterocycles. The summed E-state index contributed by atoms with van der Waals surface area (Å²) in [6.45, 7) is 13.0. The molecule has 2 rings (SSSR count). The van der Waals surface area contributed by atoms with Crippen LogP contribution in [0.1, 0.15) is 77.8 Å². The standard InChI is InChI=1S/C29H43N3O2/c1-9-21(3)32(28(34)25(10-2)22-14-12-11-13-15-22)20-23-18-24(16-17-26(23)31(7)8)30-27(33)19-29(4,5)6/h11-18,21,25H,9-10,19-20H2,1-8H3,(H,30,33)/t21-,25-/m1/s1. The molecule has 0 aliphatic rings. The largest absolute Gasteiger partial charge is 0.377 e. The number of amides is 2. The van der Waals surface area contributed by atoms with E-state index in [9.17, 15) is 9.59 Å². The molecule has 0 radical (unpaired) electrons. The number of carbonyl (C=O) groups is 2. The first-order valence-electron chi connectivity index (χ1n) is 12.4. The quantitative estimate of drug-likeness (QED) is 0.439. The maximum Gasteiger partial charge on any atom is 0.230 e. The number of hydrogen-bond acceptors (Lipinski definition) is 3. The van der Waals surface area contributed by atoms with Crippen molar-refractivity contribution in [3.05, 3.63) is 59.7 Å². The fraction of sp³-hybridized carbons (Fsp3) is 0.517. The van der Waals surface area contributed by atoms with Crippen molar-refractivity contribution >= 4 is 23.2 Å². The van der Waals surface area contributed by atoms with Gasteiger partial charge in [0.2, 0.25) is 11.8 Å². The van der Waals surface area contributed by atoms with E-state index in [0.29, 0.717) is 13.0 Å². The first-order chi connectivity index (χ1) is 16.0. The van der Waals surface area contributed by atoms with Gasteiger partial charge >= 0.3 is 0 Å². The summed E-state index contributed by atoms with van der Waals surface area (Å²) in [7, 11) is 4.01. The normalized spacial score (nSPS) is 13.2. The third-order valence-corrected chi connectivity index (χ3v) is 6.19. The molecule has 2 aromatic rings. The zero-order valence-electron chi connectivity index (χ0n) is 22.3. The highest BCUT2D eigenvalue weighted by Crippen LogP contribution is 2.29. The van der Waals surface area contributed by atoms with Gasteiger partial charge < -0.3 is 15.1 Å². The van der Waals surface area contributed by atoms with Gasteiger partial charge in [0.15, 0.2) is 0 Å². The molecule has 0 saturated heterocycles. The smallest absolute Gasteiger partial charge is 0.230 e. The number of nitrogens with one attached hydrogen (secondary N) is 1. The van der Waals surface area contributed by atoms with Gasteiger partial charge in [-0.25, -0.2) is 0 Å². The Bertz CT molecular complexity index is 948. The fourth-order valence-corrected chi connectivity index (χ4v) is 4.21. The van der Waals surface area contributed by atoms with Crippen LogP contribution in [0.15, 0.2) is 48.5 Å². The predicted octanol–water partition coefficient (Wildman–Crippen LogP) is 6.45. The Morgan fingerprint density at radius 2 is 1.62 bits per heavy atom. The minimum atomic E-state index is -0.173. The van der Waals surface area contributed by atoms with Crippen LogP contribution < -0.4 is 10.2 Å². The van der Waals surface area contributed by atoms with Crippen LogP contribution in [-0.2, 0) is 16.1 Å². The van der Waals surface area contributed by atoms with E-state index in [1.807, 2.05) is 67.5 Å².